The molecule has 0 radical (unpaired) electrons. The molecule has 0 aliphatic carbocycles. The summed E-state index contributed by atoms with van der Waals surface area (Å²) in [5, 5.41) is 8.27. The molecule has 0 fully saturated rings. The van der Waals surface area contributed by atoms with Crippen LogP contribution in [0.2, 0.25) is 0 Å². The van der Waals surface area contributed by atoms with Crippen LogP contribution >= 0.6 is 0 Å². The molecule has 5 rings (SSSR count). The first-order chi connectivity index (χ1) is 18.6. The number of carbonyl (C=O) groups is 1. The van der Waals surface area contributed by atoms with Gasteiger partial charge in [0.1, 0.15) is 11.3 Å². The van der Waals surface area contributed by atoms with E-state index in [1.165, 1.54) is 10.6 Å². The molecule has 2 N–H and O–H groups in total. The van der Waals surface area contributed by atoms with Gasteiger partial charge in [0.05, 0.1) is 23.4 Å². The quantitative estimate of drug-likeness (QED) is 0.278. The molecule has 8 nitrogen and oxygen atoms in total. The summed E-state index contributed by atoms with van der Waals surface area (Å²) < 4.78 is 31.8. The average molecular weight is 532 g/mol. The monoisotopic (exact) mass is 531 g/mol. The first-order valence-electron chi connectivity index (χ1n) is 12.5. The summed E-state index contributed by atoms with van der Waals surface area (Å²) in [5.41, 5.74) is 3.93. The molecular weight excluding hydrogens is 504 g/mol. The third kappa shape index (κ3) is 4.97. The van der Waals surface area contributed by atoms with E-state index in [0.717, 1.165) is 16.5 Å². The molecule has 39 heavy (non-hydrogen) atoms. The number of aryl methyl sites for hydroxylation is 1. The number of pyridine rings is 1. The molecule has 0 aliphatic heterocycles. The molecule has 0 bridgehead atoms. The molecule has 1 amide bonds. The Morgan fingerprint density at radius 1 is 1.10 bits per heavy atom. The Bertz CT molecular complexity index is 1760. The van der Waals surface area contributed by atoms with Gasteiger partial charge in [-0.15, -0.1) is 0 Å². The minimum atomic E-state index is -3.00. The Morgan fingerprint density at radius 3 is 2.62 bits per heavy atom. The number of fused-ring (bicyclic) bond motifs is 2. The van der Waals surface area contributed by atoms with Gasteiger partial charge in [0.25, 0.3) is 11.5 Å². The summed E-state index contributed by atoms with van der Waals surface area (Å²) in [4.78, 5) is 34.1. The number of nitrogens with zero attached hydrogens (tertiary/aromatic N) is 3. The van der Waals surface area contributed by atoms with Crippen LogP contribution < -0.4 is 15.6 Å². The normalized spacial score (nSPS) is 12.4. The lowest BCUT2D eigenvalue weighted by atomic mass is 10.0. The maximum absolute atomic E-state index is 13.4. The average Bonchev–Trinajstić information content (AvgIpc) is 3.29. The van der Waals surface area contributed by atoms with Crippen LogP contribution in [0.15, 0.2) is 65.7 Å². The van der Waals surface area contributed by atoms with Crippen molar-refractivity contribution in [1.82, 2.24) is 24.9 Å². The molecule has 3 aromatic heterocycles. The van der Waals surface area contributed by atoms with Gasteiger partial charge >= 0.3 is 6.61 Å². The number of para-hydroxylation sites is 1. The molecule has 5 aromatic rings. The molecule has 2 aromatic carbocycles. The highest BCUT2D eigenvalue weighted by atomic mass is 19.3. The van der Waals surface area contributed by atoms with E-state index in [1.54, 1.807) is 37.5 Å². The molecule has 0 spiro atoms. The molecule has 0 saturated heterocycles. The molecule has 200 valence electrons. The summed E-state index contributed by atoms with van der Waals surface area (Å²) in [7, 11) is 0. The summed E-state index contributed by atoms with van der Waals surface area (Å²) in [5.74, 6) is -0.768. The Labute approximate surface area is 222 Å². The molecule has 0 aliphatic rings. The predicted octanol–water partition coefficient (Wildman–Crippen LogP) is 5.76. The number of H-pyrrole nitrogens is 1. The van der Waals surface area contributed by atoms with E-state index in [9.17, 15) is 18.4 Å². The summed E-state index contributed by atoms with van der Waals surface area (Å²) in [6.07, 6.45) is 3.34. The van der Waals surface area contributed by atoms with Gasteiger partial charge in [-0.1, -0.05) is 44.2 Å². The van der Waals surface area contributed by atoms with Gasteiger partial charge in [-0.2, -0.15) is 13.9 Å². The minimum absolute atomic E-state index is 0.0281. The number of rotatable bonds is 7. The first kappa shape index (κ1) is 26.0. The number of aromatic nitrogens is 4. The van der Waals surface area contributed by atoms with Gasteiger partial charge in [-0.05, 0) is 43.5 Å². The minimum Gasteiger partial charge on any atom is -0.434 e. The van der Waals surface area contributed by atoms with Gasteiger partial charge in [0, 0.05) is 28.3 Å². The number of hydrogen-bond donors (Lipinski definition) is 2. The van der Waals surface area contributed by atoms with E-state index >= 15 is 0 Å². The van der Waals surface area contributed by atoms with Crippen molar-refractivity contribution in [2.24, 2.45) is 0 Å². The van der Waals surface area contributed by atoms with E-state index < -0.39 is 24.1 Å². The van der Waals surface area contributed by atoms with Gasteiger partial charge < -0.3 is 15.0 Å². The number of halogens is 2. The third-order valence-electron chi connectivity index (χ3n) is 6.66. The Kier molecular flexibility index (Phi) is 6.86. The van der Waals surface area contributed by atoms with Crippen molar-refractivity contribution >= 4 is 22.3 Å². The number of amides is 1. The number of benzene rings is 2. The zero-order chi connectivity index (χ0) is 27.8. The van der Waals surface area contributed by atoms with Gasteiger partial charge in [-0.3, -0.25) is 14.6 Å². The Balaban J connectivity index is 1.54. The Hall–Kier alpha value is -4.60. The van der Waals surface area contributed by atoms with Crippen LogP contribution in [0.1, 0.15) is 59.9 Å². The summed E-state index contributed by atoms with van der Waals surface area (Å²) >= 11 is 0. The lowest BCUT2D eigenvalue weighted by Gasteiger charge is -2.18. The summed E-state index contributed by atoms with van der Waals surface area (Å²) in [6.45, 7) is 4.39. The molecule has 10 heteroatoms. The van der Waals surface area contributed by atoms with Crippen LogP contribution in [0.5, 0.6) is 5.75 Å². The van der Waals surface area contributed by atoms with Crippen molar-refractivity contribution in [3.63, 3.8) is 0 Å². The van der Waals surface area contributed by atoms with Gasteiger partial charge in [-0.25, -0.2) is 4.52 Å². The van der Waals surface area contributed by atoms with E-state index in [2.05, 4.69) is 25.1 Å². The van der Waals surface area contributed by atoms with E-state index in [0.29, 0.717) is 22.4 Å². The largest absolute Gasteiger partial charge is 0.434 e. The van der Waals surface area contributed by atoms with Crippen molar-refractivity contribution in [2.45, 2.75) is 46.3 Å². The van der Waals surface area contributed by atoms with Crippen LogP contribution in [0.25, 0.3) is 27.7 Å². The molecule has 1 unspecified atom stereocenters. The summed E-state index contributed by atoms with van der Waals surface area (Å²) in [6, 6.07) is 13.4. The van der Waals surface area contributed by atoms with Crippen molar-refractivity contribution < 1.29 is 18.3 Å². The second-order valence-electron chi connectivity index (χ2n) is 9.68. The highest BCUT2D eigenvalue weighted by Crippen LogP contribution is 2.29. The van der Waals surface area contributed by atoms with Crippen LogP contribution in [0, 0.1) is 6.92 Å². The Morgan fingerprint density at radius 2 is 1.87 bits per heavy atom. The molecular formula is C29H27F2N5O3. The maximum Gasteiger partial charge on any atom is 0.387 e. The SMILES string of the molecule is Cc1cccc2ncc(-c3cn4nc(C(=O)NC(C)c5ccccc5OC(F)F)c(C(C)C)c4c(=O)[nH]3)cc12. The lowest BCUT2D eigenvalue weighted by Crippen LogP contribution is -2.28. The zero-order valence-corrected chi connectivity index (χ0v) is 21.8. The maximum atomic E-state index is 13.4. The highest BCUT2D eigenvalue weighted by Gasteiger charge is 2.26. The van der Waals surface area contributed by atoms with Crippen molar-refractivity contribution in [3.05, 3.63) is 93.7 Å². The van der Waals surface area contributed by atoms with E-state index in [4.69, 9.17) is 0 Å². The fraction of sp³-hybridized carbons (Fsp3) is 0.241. The van der Waals surface area contributed by atoms with Gasteiger partial charge in [0.15, 0.2) is 5.69 Å². The molecule has 1 atom stereocenters. The van der Waals surface area contributed by atoms with Crippen molar-refractivity contribution in [3.8, 4) is 17.0 Å². The second kappa shape index (κ2) is 10.3. The lowest BCUT2D eigenvalue weighted by molar-refractivity contribution is -0.0506. The van der Waals surface area contributed by atoms with Gasteiger partial charge in [0.2, 0.25) is 0 Å². The van der Waals surface area contributed by atoms with Crippen molar-refractivity contribution in [2.75, 3.05) is 0 Å². The smallest absolute Gasteiger partial charge is 0.387 e. The number of ether oxygens (including phenoxy) is 1. The van der Waals surface area contributed by atoms with Crippen molar-refractivity contribution in [1.29, 1.82) is 0 Å². The van der Waals surface area contributed by atoms with Crippen LogP contribution in [-0.4, -0.2) is 32.1 Å². The molecule has 3 heterocycles. The second-order valence-corrected chi connectivity index (χ2v) is 9.68. The number of alkyl halides is 2. The third-order valence-corrected chi connectivity index (χ3v) is 6.66. The molecule has 0 saturated carbocycles. The van der Waals surface area contributed by atoms with Crippen LogP contribution in [0.4, 0.5) is 8.78 Å². The first-order valence-corrected chi connectivity index (χ1v) is 12.5. The number of carbonyl (C=O) groups excluding carboxylic acids is 1. The fourth-order valence-electron chi connectivity index (χ4n) is 4.79. The van der Waals surface area contributed by atoms with Crippen LogP contribution in [0.3, 0.4) is 0 Å². The zero-order valence-electron chi connectivity index (χ0n) is 21.8. The number of hydrogen-bond acceptors (Lipinski definition) is 5. The highest BCUT2D eigenvalue weighted by molar-refractivity contribution is 5.96. The number of nitrogens with one attached hydrogen (secondary N) is 2. The predicted molar refractivity (Wildman–Crippen MR) is 144 cm³/mol. The van der Waals surface area contributed by atoms with Crippen LogP contribution in [-0.2, 0) is 0 Å². The topological polar surface area (TPSA) is 101 Å². The van der Waals surface area contributed by atoms with E-state index in [-0.39, 0.29) is 22.9 Å². The standard InChI is InChI=1S/C29H27F2N5O3/c1-15(2)24-25(27(37)33-17(4)19-9-5-6-11-23(19)39-29(30)31)35-36-14-22(34-28(38)26(24)36)18-12-20-16(3)8-7-10-21(20)32-13-18/h5-15,17,29H,1-4H3,(H,33,37)(H,34,38). The fourth-order valence-corrected chi connectivity index (χ4v) is 4.79. The van der Waals surface area contributed by atoms with E-state index in [1.807, 2.05) is 45.0 Å². The number of aromatic amines is 1.